The summed E-state index contributed by atoms with van der Waals surface area (Å²) in [7, 11) is 0. The number of nitrogens with one attached hydrogen (secondary N) is 1. The molecule has 1 aliphatic heterocycles. The van der Waals surface area contributed by atoms with Gasteiger partial charge in [0, 0.05) is 30.5 Å². The first kappa shape index (κ1) is 18.2. The van der Waals surface area contributed by atoms with E-state index in [1.54, 1.807) is 19.1 Å². The average molecular weight is 382 g/mol. The molecule has 8 nitrogen and oxygen atoms in total. The molecule has 1 atom stereocenters. The summed E-state index contributed by atoms with van der Waals surface area (Å²) >= 11 is 0. The molecule has 1 aliphatic rings. The summed E-state index contributed by atoms with van der Waals surface area (Å²) in [6.45, 7) is 4.86. The minimum absolute atomic E-state index is 0.251. The maximum Gasteiger partial charge on any atom is 0.336 e. The largest absolute Gasteiger partial charge is 0.481 e. The van der Waals surface area contributed by atoms with Crippen molar-refractivity contribution >= 4 is 16.9 Å². The smallest absolute Gasteiger partial charge is 0.336 e. The highest BCUT2D eigenvalue weighted by Crippen LogP contribution is 2.23. The summed E-state index contributed by atoms with van der Waals surface area (Å²) in [6, 6.07) is 6.76. The second kappa shape index (κ2) is 7.46. The zero-order valence-corrected chi connectivity index (χ0v) is 15.9. The van der Waals surface area contributed by atoms with Crippen LogP contribution in [0.25, 0.3) is 11.0 Å². The van der Waals surface area contributed by atoms with E-state index >= 15 is 0 Å². The topological polar surface area (TPSA) is 99.2 Å². The molecule has 0 fully saturated rings. The molecule has 3 heterocycles. The number of ether oxygens (including phenoxy) is 1. The summed E-state index contributed by atoms with van der Waals surface area (Å²) in [5, 5.41) is 12.0. The highest BCUT2D eigenvalue weighted by molar-refractivity contribution is 5.82. The van der Waals surface area contributed by atoms with Gasteiger partial charge in [-0.05, 0) is 37.5 Å². The Morgan fingerprint density at radius 2 is 2.21 bits per heavy atom. The molecule has 8 heteroatoms. The van der Waals surface area contributed by atoms with E-state index in [1.807, 2.05) is 17.6 Å². The maximum absolute atomic E-state index is 12.4. The molecule has 1 N–H and O–H groups in total. The van der Waals surface area contributed by atoms with Crippen molar-refractivity contribution in [3.63, 3.8) is 0 Å². The van der Waals surface area contributed by atoms with Gasteiger partial charge in [0.05, 0.1) is 6.54 Å². The quantitative estimate of drug-likeness (QED) is 0.655. The molecule has 0 saturated carbocycles. The first-order valence-corrected chi connectivity index (χ1v) is 9.47. The minimum Gasteiger partial charge on any atom is -0.481 e. The van der Waals surface area contributed by atoms with Crippen molar-refractivity contribution in [3.05, 3.63) is 51.9 Å². The Morgan fingerprint density at radius 3 is 3.04 bits per heavy atom. The van der Waals surface area contributed by atoms with Crippen molar-refractivity contribution in [1.29, 1.82) is 0 Å². The number of carbonyl (C=O) groups excluding carboxylic acids is 1. The summed E-state index contributed by atoms with van der Waals surface area (Å²) in [4.78, 5) is 24.1. The SMILES string of the molecule is CCc1cc(=O)oc2cc(OC(C)C(=O)NCc3nnc4n3CCC4)ccc12. The van der Waals surface area contributed by atoms with Gasteiger partial charge in [-0.25, -0.2) is 4.79 Å². The third-order valence-corrected chi connectivity index (χ3v) is 4.97. The van der Waals surface area contributed by atoms with E-state index < -0.39 is 11.7 Å². The standard InChI is InChI=1S/C20H22N4O4/c1-3-13-9-19(25)28-16-10-14(6-7-15(13)16)27-12(2)20(26)21-11-18-23-22-17-5-4-8-24(17)18/h6-7,9-10,12H,3-5,8,11H2,1-2H3,(H,21,26). The number of amides is 1. The van der Waals surface area contributed by atoms with Gasteiger partial charge in [-0.3, -0.25) is 4.79 Å². The van der Waals surface area contributed by atoms with Crippen LogP contribution in [0, 0.1) is 0 Å². The Balaban J connectivity index is 1.43. The van der Waals surface area contributed by atoms with Crippen LogP contribution in [0.15, 0.2) is 33.5 Å². The van der Waals surface area contributed by atoms with Gasteiger partial charge < -0.3 is 19.0 Å². The van der Waals surface area contributed by atoms with Gasteiger partial charge in [0.2, 0.25) is 0 Å². The molecule has 2 aromatic heterocycles. The number of nitrogens with zero attached hydrogens (tertiary/aromatic N) is 3. The number of hydrogen-bond donors (Lipinski definition) is 1. The van der Waals surface area contributed by atoms with Gasteiger partial charge in [0.15, 0.2) is 11.9 Å². The fourth-order valence-corrected chi connectivity index (χ4v) is 3.49. The molecular formula is C20H22N4O4. The highest BCUT2D eigenvalue weighted by atomic mass is 16.5. The molecule has 4 rings (SSSR count). The van der Waals surface area contributed by atoms with Gasteiger partial charge in [-0.1, -0.05) is 6.92 Å². The third kappa shape index (κ3) is 3.49. The van der Waals surface area contributed by atoms with Crippen molar-refractivity contribution in [1.82, 2.24) is 20.1 Å². The van der Waals surface area contributed by atoms with E-state index in [9.17, 15) is 9.59 Å². The van der Waals surface area contributed by atoms with Crippen LogP contribution in [0.4, 0.5) is 0 Å². The predicted molar refractivity (Wildman–Crippen MR) is 102 cm³/mol. The Labute approximate surface area is 161 Å². The van der Waals surface area contributed by atoms with E-state index in [0.29, 0.717) is 17.9 Å². The number of fused-ring (bicyclic) bond motifs is 2. The molecule has 0 saturated heterocycles. The summed E-state index contributed by atoms with van der Waals surface area (Å²) < 4.78 is 13.1. The van der Waals surface area contributed by atoms with Gasteiger partial charge in [-0.2, -0.15) is 0 Å². The second-order valence-corrected chi connectivity index (χ2v) is 6.87. The van der Waals surface area contributed by atoms with Crippen LogP contribution >= 0.6 is 0 Å². The molecule has 0 aliphatic carbocycles. The van der Waals surface area contributed by atoms with Crippen molar-refractivity contribution in [2.24, 2.45) is 0 Å². The Kier molecular flexibility index (Phi) is 4.85. The lowest BCUT2D eigenvalue weighted by Crippen LogP contribution is -2.36. The van der Waals surface area contributed by atoms with Crippen LogP contribution in [0.3, 0.4) is 0 Å². The molecule has 3 aromatic rings. The molecule has 1 amide bonds. The molecule has 146 valence electrons. The molecule has 0 bridgehead atoms. The fourth-order valence-electron chi connectivity index (χ4n) is 3.49. The summed E-state index contributed by atoms with van der Waals surface area (Å²) in [5.41, 5.74) is 0.978. The van der Waals surface area contributed by atoms with Gasteiger partial charge >= 0.3 is 5.63 Å². The summed E-state index contributed by atoms with van der Waals surface area (Å²) in [6.07, 6.45) is 2.01. The van der Waals surface area contributed by atoms with Crippen LogP contribution in [0.5, 0.6) is 5.75 Å². The molecule has 1 aromatic carbocycles. The third-order valence-electron chi connectivity index (χ3n) is 4.97. The van der Waals surface area contributed by atoms with Crippen LogP contribution < -0.4 is 15.7 Å². The van der Waals surface area contributed by atoms with Crippen molar-refractivity contribution < 1.29 is 13.9 Å². The first-order valence-electron chi connectivity index (χ1n) is 9.47. The molecular weight excluding hydrogens is 360 g/mol. The van der Waals surface area contributed by atoms with E-state index in [0.717, 1.165) is 48.4 Å². The fraction of sp³-hybridized carbons (Fsp3) is 0.400. The maximum atomic E-state index is 12.4. The lowest BCUT2D eigenvalue weighted by Gasteiger charge is -2.15. The molecule has 28 heavy (non-hydrogen) atoms. The molecule has 0 spiro atoms. The summed E-state index contributed by atoms with van der Waals surface area (Å²) in [5.74, 6) is 1.94. The van der Waals surface area contributed by atoms with Crippen molar-refractivity contribution in [2.75, 3.05) is 0 Å². The van der Waals surface area contributed by atoms with Crippen molar-refractivity contribution in [3.8, 4) is 5.75 Å². The normalized spacial score (nSPS) is 14.1. The lowest BCUT2D eigenvalue weighted by atomic mass is 10.1. The number of aryl methyl sites for hydroxylation is 2. The minimum atomic E-state index is -0.709. The average Bonchev–Trinajstić information content (AvgIpc) is 3.29. The monoisotopic (exact) mass is 382 g/mol. The number of aromatic nitrogens is 3. The van der Waals surface area contributed by atoms with Crippen LogP contribution in [0.1, 0.15) is 37.5 Å². The predicted octanol–water partition coefficient (Wildman–Crippen LogP) is 1.98. The number of benzene rings is 1. The van der Waals surface area contributed by atoms with Crippen LogP contribution in [0.2, 0.25) is 0 Å². The Morgan fingerprint density at radius 1 is 1.36 bits per heavy atom. The number of rotatable bonds is 6. The van der Waals surface area contributed by atoms with E-state index in [1.165, 1.54) is 6.07 Å². The molecule has 1 unspecified atom stereocenters. The Bertz CT molecular complexity index is 1090. The lowest BCUT2D eigenvalue weighted by molar-refractivity contribution is -0.127. The number of carbonyl (C=O) groups is 1. The zero-order chi connectivity index (χ0) is 19.7. The van der Waals surface area contributed by atoms with Crippen LogP contribution in [-0.2, 0) is 30.7 Å². The second-order valence-electron chi connectivity index (χ2n) is 6.87. The van der Waals surface area contributed by atoms with E-state index in [2.05, 4.69) is 15.5 Å². The van der Waals surface area contributed by atoms with Gasteiger partial charge in [-0.15, -0.1) is 10.2 Å². The van der Waals surface area contributed by atoms with Gasteiger partial charge in [0.25, 0.3) is 5.91 Å². The first-order chi connectivity index (χ1) is 13.5. The highest BCUT2D eigenvalue weighted by Gasteiger charge is 2.20. The van der Waals surface area contributed by atoms with Crippen molar-refractivity contribution in [2.45, 2.75) is 52.3 Å². The van der Waals surface area contributed by atoms with Crippen LogP contribution in [-0.4, -0.2) is 26.8 Å². The van der Waals surface area contributed by atoms with Gasteiger partial charge in [0.1, 0.15) is 17.2 Å². The van der Waals surface area contributed by atoms with E-state index in [4.69, 9.17) is 9.15 Å². The van der Waals surface area contributed by atoms with E-state index in [-0.39, 0.29) is 5.91 Å². The zero-order valence-electron chi connectivity index (χ0n) is 15.9. The number of hydrogen-bond acceptors (Lipinski definition) is 6. The Hall–Kier alpha value is -3.16. The molecule has 0 radical (unpaired) electrons.